The van der Waals surface area contributed by atoms with Crippen molar-refractivity contribution in [3.05, 3.63) is 12.7 Å². The first kappa shape index (κ1) is 14.7. The Bertz CT molecular complexity index is 147. The Morgan fingerprint density at radius 3 is 2.53 bits per heavy atom. The molecule has 0 saturated heterocycles. The fraction of sp³-hybridized carbons (Fsp3) is 0.846. The molecule has 0 aromatic rings. The van der Waals surface area contributed by atoms with Crippen molar-refractivity contribution in [1.29, 1.82) is 0 Å². The van der Waals surface area contributed by atoms with Gasteiger partial charge in [-0.15, -0.1) is 6.58 Å². The van der Waals surface area contributed by atoms with Crippen molar-refractivity contribution >= 4 is 0 Å². The number of rotatable bonds is 10. The maximum Gasteiger partial charge on any atom is 0.0543 e. The summed E-state index contributed by atoms with van der Waals surface area (Å²) in [4.78, 5) is 0. The van der Waals surface area contributed by atoms with E-state index in [0.717, 1.165) is 25.7 Å². The van der Waals surface area contributed by atoms with Crippen molar-refractivity contribution in [3.63, 3.8) is 0 Å². The first-order chi connectivity index (χ1) is 7.20. The Hall–Kier alpha value is -0.340. The van der Waals surface area contributed by atoms with Gasteiger partial charge >= 0.3 is 0 Å². The molecule has 2 unspecified atom stereocenters. The fourth-order valence-electron chi connectivity index (χ4n) is 1.58. The minimum absolute atomic E-state index is 0.344. The van der Waals surface area contributed by atoms with Gasteiger partial charge in [0.05, 0.1) is 6.10 Å². The Morgan fingerprint density at radius 1 is 1.20 bits per heavy atom. The van der Waals surface area contributed by atoms with Crippen LogP contribution < -0.4 is 5.73 Å². The van der Waals surface area contributed by atoms with E-state index in [4.69, 9.17) is 10.5 Å². The Balaban J connectivity index is 3.25. The van der Waals surface area contributed by atoms with Crippen molar-refractivity contribution in [3.8, 4) is 0 Å². The number of hydrogen-bond acceptors (Lipinski definition) is 2. The molecule has 0 radical (unpaired) electrons. The third kappa shape index (κ3) is 9.95. The average molecular weight is 213 g/mol. The van der Waals surface area contributed by atoms with Crippen molar-refractivity contribution in [2.45, 2.75) is 64.0 Å². The summed E-state index contributed by atoms with van der Waals surface area (Å²) < 4.78 is 5.19. The molecule has 0 bridgehead atoms. The SMILES string of the molecule is C=CCCCCCC(N)CCC(C)OC. The maximum absolute atomic E-state index is 6.02. The molecule has 0 aliphatic carbocycles. The highest BCUT2D eigenvalue weighted by Gasteiger charge is 2.05. The number of methoxy groups -OCH3 is 1. The number of hydrogen-bond donors (Lipinski definition) is 1. The van der Waals surface area contributed by atoms with Gasteiger partial charge in [0.2, 0.25) is 0 Å². The summed E-state index contributed by atoms with van der Waals surface area (Å²) in [6, 6.07) is 0.353. The molecular weight excluding hydrogens is 186 g/mol. The van der Waals surface area contributed by atoms with E-state index in [9.17, 15) is 0 Å². The average Bonchev–Trinajstić information content (AvgIpc) is 2.25. The van der Waals surface area contributed by atoms with Crippen LogP contribution in [0.5, 0.6) is 0 Å². The van der Waals surface area contributed by atoms with Crippen molar-refractivity contribution < 1.29 is 4.74 Å². The molecule has 15 heavy (non-hydrogen) atoms. The molecule has 0 heterocycles. The van der Waals surface area contributed by atoms with Crippen LogP contribution in [0.15, 0.2) is 12.7 Å². The summed E-state index contributed by atoms with van der Waals surface area (Å²) in [7, 11) is 1.76. The molecule has 0 aromatic carbocycles. The number of allylic oxidation sites excluding steroid dienone is 1. The zero-order valence-electron chi connectivity index (χ0n) is 10.4. The van der Waals surface area contributed by atoms with Crippen molar-refractivity contribution in [1.82, 2.24) is 0 Å². The molecule has 0 aliphatic rings. The molecule has 0 aliphatic heterocycles. The number of unbranched alkanes of at least 4 members (excludes halogenated alkanes) is 3. The molecule has 0 saturated carbocycles. The quantitative estimate of drug-likeness (QED) is 0.446. The molecule has 0 amide bonds. The number of nitrogens with two attached hydrogens (primary N) is 1. The van der Waals surface area contributed by atoms with E-state index >= 15 is 0 Å². The molecular formula is C13H27NO. The van der Waals surface area contributed by atoms with E-state index < -0.39 is 0 Å². The summed E-state index contributed by atoms with van der Waals surface area (Å²) in [6.45, 7) is 5.81. The first-order valence-corrected chi connectivity index (χ1v) is 6.10. The highest BCUT2D eigenvalue weighted by molar-refractivity contribution is 4.67. The standard InChI is InChI=1S/C13H27NO/c1-4-5-6-7-8-9-13(14)11-10-12(2)15-3/h4,12-13H,1,5-11,14H2,2-3H3. The Labute approximate surface area is 94.9 Å². The second-order valence-corrected chi connectivity index (χ2v) is 4.31. The predicted molar refractivity (Wildman–Crippen MR) is 67.0 cm³/mol. The smallest absolute Gasteiger partial charge is 0.0543 e. The van der Waals surface area contributed by atoms with Gasteiger partial charge in [-0.2, -0.15) is 0 Å². The maximum atomic E-state index is 6.02. The summed E-state index contributed by atoms with van der Waals surface area (Å²) in [5.74, 6) is 0. The van der Waals surface area contributed by atoms with Gasteiger partial charge in [-0.25, -0.2) is 0 Å². The molecule has 2 nitrogen and oxygen atoms in total. The lowest BCUT2D eigenvalue weighted by Crippen LogP contribution is -2.21. The van der Waals surface area contributed by atoms with E-state index in [1.54, 1.807) is 7.11 Å². The topological polar surface area (TPSA) is 35.2 Å². The fourth-order valence-corrected chi connectivity index (χ4v) is 1.58. The van der Waals surface area contributed by atoms with Gasteiger partial charge < -0.3 is 10.5 Å². The normalized spacial score (nSPS) is 14.9. The second-order valence-electron chi connectivity index (χ2n) is 4.31. The van der Waals surface area contributed by atoms with Crippen LogP contribution >= 0.6 is 0 Å². The van der Waals surface area contributed by atoms with Gasteiger partial charge in [0.25, 0.3) is 0 Å². The third-order valence-electron chi connectivity index (χ3n) is 2.83. The van der Waals surface area contributed by atoms with E-state index in [1.807, 2.05) is 6.08 Å². The highest BCUT2D eigenvalue weighted by atomic mass is 16.5. The van der Waals surface area contributed by atoms with Crippen LogP contribution in [0, 0.1) is 0 Å². The largest absolute Gasteiger partial charge is 0.382 e. The van der Waals surface area contributed by atoms with Crippen molar-refractivity contribution in [2.24, 2.45) is 5.73 Å². The Morgan fingerprint density at radius 2 is 1.93 bits per heavy atom. The highest BCUT2D eigenvalue weighted by Crippen LogP contribution is 2.10. The predicted octanol–water partition coefficient (Wildman–Crippen LogP) is 3.27. The second kappa shape index (κ2) is 10.2. The molecule has 2 heteroatoms. The van der Waals surface area contributed by atoms with Crippen LogP contribution in [0.4, 0.5) is 0 Å². The van der Waals surface area contributed by atoms with Gasteiger partial charge in [0, 0.05) is 13.2 Å². The first-order valence-electron chi connectivity index (χ1n) is 6.10. The number of ether oxygens (including phenoxy) is 1. The molecule has 0 aromatic heterocycles. The molecule has 0 fully saturated rings. The van der Waals surface area contributed by atoms with Crippen LogP contribution in [0.3, 0.4) is 0 Å². The summed E-state index contributed by atoms with van der Waals surface area (Å²) >= 11 is 0. The molecule has 2 N–H and O–H groups in total. The summed E-state index contributed by atoms with van der Waals surface area (Å²) in [6.07, 6.45) is 10.5. The Kier molecular flexibility index (Phi) is 9.96. The van der Waals surface area contributed by atoms with Gasteiger partial charge in [-0.05, 0) is 39.0 Å². The molecule has 2 atom stereocenters. The zero-order chi connectivity index (χ0) is 11.5. The van der Waals surface area contributed by atoms with Gasteiger partial charge in [0.1, 0.15) is 0 Å². The lowest BCUT2D eigenvalue weighted by atomic mass is 10.0. The van der Waals surface area contributed by atoms with E-state index in [1.165, 1.54) is 19.3 Å². The van der Waals surface area contributed by atoms with Crippen LogP contribution in [-0.4, -0.2) is 19.3 Å². The monoisotopic (exact) mass is 213 g/mol. The molecule has 0 rings (SSSR count). The lowest BCUT2D eigenvalue weighted by Gasteiger charge is -2.14. The zero-order valence-corrected chi connectivity index (χ0v) is 10.4. The van der Waals surface area contributed by atoms with E-state index in [2.05, 4.69) is 13.5 Å². The van der Waals surface area contributed by atoms with Crippen LogP contribution in [0.1, 0.15) is 51.9 Å². The van der Waals surface area contributed by atoms with Crippen LogP contribution in [0.25, 0.3) is 0 Å². The van der Waals surface area contributed by atoms with Crippen LogP contribution in [0.2, 0.25) is 0 Å². The minimum atomic E-state index is 0.344. The summed E-state index contributed by atoms with van der Waals surface area (Å²) in [5, 5.41) is 0. The minimum Gasteiger partial charge on any atom is -0.382 e. The van der Waals surface area contributed by atoms with E-state index in [-0.39, 0.29) is 0 Å². The third-order valence-corrected chi connectivity index (χ3v) is 2.83. The van der Waals surface area contributed by atoms with Gasteiger partial charge in [-0.3, -0.25) is 0 Å². The lowest BCUT2D eigenvalue weighted by molar-refractivity contribution is 0.107. The van der Waals surface area contributed by atoms with Gasteiger partial charge in [0.15, 0.2) is 0 Å². The van der Waals surface area contributed by atoms with Gasteiger partial charge in [-0.1, -0.05) is 18.9 Å². The molecule has 0 spiro atoms. The van der Waals surface area contributed by atoms with Crippen molar-refractivity contribution in [2.75, 3.05) is 7.11 Å². The summed E-state index contributed by atoms with van der Waals surface area (Å²) in [5.41, 5.74) is 6.02. The molecule has 90 valence electrons. The van der Waals surface area contributed by atoms with Crippen LogP contribution in [-0.2, 0) is 4.74 Å². The van der Waals surface area contributed by atoms with E-state index in [0.29, 0.717) is 12.1 Å².